The van der Waals surface area contributed by atoms with Crippen LogP contribution in [0.5, 0.6) is 5.75 Å². The lowest BCUT2D eigenvalue weighted by Crippen LogP contribution is -2.38. The molecule has 1 fully saturated rings. The summed E-state index contributed by atoms with van der Waals surface area (Å²) in [4.78, 5) is 16.4. The zero-order valence-corrected chi connectivity index (χ0v) is 20.5. The molecule has 1 amide bonds. The minimum Gasteiger partial charge on any atom is -0.490 e. The Labute approximate surface area is 192 Å². The summed E-state index contributed by atoms with van der Waals surface area (Å²) >= 11 is 0. The van der Waals surface area contributed by atoms with E-state index in [9.17, 15) is 4.79 Å². The number of rotatable bonds is 11. The third-order valence-electron chi connectivity index (χ3n) is 4.69. The summed E-state index contributed by atoms with van der Waals surface area (Å²) in [7, 11) is 0. The number of hydrogen-bond acceptors (Lipinski definition) is 3. The zero-order valence-electron chi connectivity index (χ0n) is 18.2. The van der Waals surface area contributed by atoms with E-state index >= 15 is 0 Å². The monoisotopic (exact) mass is 516 g/mol. The number of carbonyl (C=O) groups is 1. The Hall–Kier alpha value is -1.51. The maximum atomic E-state index is 11.8. The molecule has 7 heteroatoms. The fourth-order valence-electron chi connectivity index (χ4n) is 2.69. The van der Waals surface area contributed by atoms with Gasteiger partial charge in [-0.25, -0.2) is 4.99 Å². The van der Waals surface area contributed by atoms with E-state index in [4.69, 9.17) is 9.73 Å². The Balaban J connectivity index is 0.00000420. The fraction of sp³-hybridized carbons (Fsp3) is 0.636. The molecular formula is C22H37IN4O2. The minimum absolute atomic E-state index is 0. The second kappa shape index (κ2) is 13.7. The third kappa shape index (κ3) is 10.2. The number of amides is 1. The maximum absolute atomic E-state index is 11.8. The average Bonchev–Trinajstić information content (AvgIpc) is 3.48. The van der Waals surface area contributed by atoms with Gasteiger partial charge in [-0.2, -0.15) is 0 Å². The van der Waals surface area contributed by atoms with Crippen molar-refractivity contribution in [2.45, 2.75) is 78.5 Å². The van der Waals surface area contributed by atoms with E-state index < -0.39 is 0 Å². The largest absolute Gasteiger partial charge is 0.490 e. The van der Waals surface area contributed by atoms with Crippen molar-refractivity contribution < 1.29 is 9.53 Å². The Morgan fingerprint density at radius 2 is 2.03 bits per heavy atom. The van der Waals surface area contributed by atoms with E-state index in [-0.39, 0.29) is 36.0 Å². The molecule has 1 unspecified atom stereocenters. The molecule has 2 rings (SSSR count). The van der Waals surface area contributed by atoms with E-state index in [0.717, 1.165) is 49.5 Å². The summed E-state index contributed by atoms with van der Waals surface area (Å²) in [5, 5.41) is 9.60. The second-order valence-corrected chi connectivity index (χ2v) is 7.52. The van der Waals surface area contributed by atoms with Gasteiger partial charge in [0.05, 0.1) is 12.6 Å². The molecule has 1 atom stereocenters. The number of ether oxygens (including phenoxy) is 1. The highest BCUT2D eigenvalue weighted by Crippen LogP contribution is 2.23. The molecule has 1 aromatic carbocycles. The van der Waals surface area contributed by atoms with E-state index in [1.165, 1.54) is 5.56 Å². The molecule has 0 radical (unpaired) electrons. The number of aliphatic imine (C=N–C) groups is 1. The first-order valence-corrected chi connectivity index (χ1v) is 10.6. The molecule has 3 N–H and O–H groups in total. The van der Waals surface area contributed by atoms with Crippen molar-refractivity contribution in [1.29, 1.82) is 0 Å². The normalized spacial score (nSPS) is 14.6. The zero-order chi connectivity index (χ0) is 20.4. The second-order valence-electron chi connectivity index (χ2n) is 7.52. The molecule has 1 aliphatic rings. The van der Waals surface area contributed by atoms with Crippen LogP contribution in [0.2, 0.25) is 0 Å². The van der Waals surface area contributed by atoms with Crippen molar-refractivity contribution in [3.8, 4) is 5.75 Å². The summed E-state index contributed by atoms with van der Waals surface area (Å²) in [6, 6.07) is 6.69. The minimum atomic E-state index is 0. The van der Waals surface area contributed by atoms with Crippen LogP contribution in [0.3, 0.4) is 0 Å². The number of hydrogen-bond donors (Lipinski definition) is 3. The summed E-state index contributed by atoms with van der Waals surface area (Å²) in [5.74, 6) is 1.82. The van der Waals surface area contributed by atoms with Crippen molar-refractivity contribution in [1.82, 2.24) is 16.0 Å². The lowest BCUT2D eigenvalue weighted by Gasteiger charge is -2.17. The predicted octanol–water partition coefficient (Wildman–Crippen LogP) is 3.90. The number of halogens is 1. The van der Waals surface area contributed by atoms with Gasteiger partial charge in [-0.3, -0.25) is 4.79 Å². The van der Waals surface area contributed by atoms with Gasteiger partial charge in [-0.15, -0.1) is 24.0 Å². The van der Waals surface area contributed by atoms with Crippen molar-refractivity contribution in [3.63, 3.8) is 0 Å². The van der Waals surface area contributed by atoms with Crippen LogP contribution in [0, 0.1) is 6.92 Å². The topological polar surface area (TPSA) is 74.8 Å². The number of guanidine groups is 1. The van der Waals surface area contributed by atoms with Gasteiger partial charge in [0.1, 0.15) is 5.75 Å². The molecule has 1 saturated carbocycles. The van der Waals surface area contributed by atoms with E-state index in [1.54, 1.807) is 0 Å². The van der Waals surface area contributed by atoms with Crippen LogP contribution in [0.1, 0.15) is 64.0 Å². The van der Waals surface area contributed by atoms with Crippen LogP contribution in [0.15, 0.2) is 23.2 Å². The molecule has 164 valence electrons. The Morgan fingerprint density at radius 3 is 2.69 bits per heavy atom. The molecule has 29 heavy (non-hydrogen) atoms. The molecule has 0 aliphatic heterocycles. The molecule has 0 bridgehead atoms. The molecule has 0 spiro atoms. The number of nitrogens with zero attached hydrogens (tertiary/aromatic N) is 1. The number of carbonyl (C=O) groups excluding carboxylic acids is 1. The van der Waals surface area contributed by atoms with Crippen LogP contribution >= 0.6 is 24.0 Å². The molecular weight excluding hydrogens is 479 g/mol. The van der Waals surface area contributed by atoms with Gasteiger partial charge >= 0.3 is 0 Å². The lowest BCUT2D eigenvalue weighted by molar-refractivity contribution is -0.121. The third-order valence-corrected chi connectivity index (χ3v) is 4.69. The highest BCUT2D eigenvalue weighted by Gasteiger charge is 2.22. The number of benzene rings is 1. The standard InChI is InChI=1S/C22H36N4O2.HI/c1-5-17(4)28-20-14-16(3)9-10-18(20)15-25-22(23-6-2)24-13-7-8-21(27)26-19-11-12-19;/h9-10,14,17,19H,5-8,11-13,15H2,1-4H3,(H,26,27)(H2,23,24,25);1H. The Kier molecular flexibility index (Phi) is 12.0. The Bertz CT molecular complexity index is 662. The van der Waals surface area contributed by atoms with E-state index in [0.29, 0.717) is 25.6 Å². The molecule has 1 aliphatic carbocycles. The van der Waals surface area contributed by atoms with Gasteiger partial charge in [0, 0.05) is 31.1 Å². The summed E-state index contributed by atoms with van der Waals surface area (Å²) in [6.07, 6.45) is 4.74. The highest BCUT2D eigenvalue weighted by molar-refractivity contribution is 14.0. The van der Waals surface area contributed by atoms with Crippen LogP contribution in [-0.2, 0) is 11.3 Å². The lowest BCUT2D eigenvalue weighted by atomic mass is 10.1. The molecule has 0 heterocycles. The van der Waals surface area contributed by atoms with Crippen molar-refractivity contribution in [2.75, 3.05) is 13.1 Å². The summed E-state index contributed by atoms with van der Waals surface area (Å²) < 4.78 is 6.07. The van der Waals surface area contributed by atoms with Gasteiger partial charge in [-0.05, 0) is 58.1 Å². The van der Waals surface area contributed by atoms with Gasteiger partial charge in [0.15, 0.2) is 5.96 Å². The Morgan fingerprint density at radius 1 is 1.28 bits per heavy atom. The SMILES string of the molecule is CCNC(=NCc1ccc(C)cc1OC(C)CC)NCCCC(=O)NC1CC1.I. The molecule has 0 aromatic heterocycles. The average molecular weight is 516 g/mol. The van der Waals surface area contributed by atoms with Gasteiger partial charge < -0.3 is 20.7 Å². The first-order chi connectivity index (χ1) is 13.5. The van der Waals surface area contributed by atoms with E-state index in [2.05, 4.69) is 54.9 Å². The highest BCUT2D eigenvalue weighted by atomic mass is 127. The van der Waals surface area contributed by atoms with Gasteiger partial charge in [0.25, 0.3) is 0 Å². The van der Waals surface area contributed by atoms with Crippen LogP contribution < -0.4 is 20.7 Å². The van der Waals surface area contributed by atoms with Crippen LogP contribution in [-0.4, -0.2) is 37.1 Å². The molecule has 0 saturated heterocycles. The van der Waals surface area contributed by atoms with Crippen LogP contribution in [0.4, 0.5) is 0 Å². The van der Waals surface area contributed by atoms with Crippen molar-refractivity contribution in [3.05, 3.63) is 29.3 Å². The smallest absolute Gasteiger partial charge is 0.220 e. The summed E-state index contributed by atoms with van der Waals surface area (Å²) in [6.45, 7) is 10.4. The first kappa shape index (κ1) is 25.5. The van der Waals surface area contributed by atoms with Crippen LogP contribution in [0.25, 0.3) is 0 Å². The van der Waals surface area contributed by atoms with Crippen molar-refractivity contribution >= 4 is 35.8 Å². The number of nitrogens with one attached hydrogen (secondary N) is 3. The number of aryl methyl sites for hydroxylation is 1. The maximum Gasteiger partial charge on any atom is 0.220 e. The van der Waals surface area contributed by atoms with Gasteiger partial charge in [0.2, 0.25) is 5.91 Å². The molecule has 1 aromatic rings. The molecule has 6 nitrogen and oxygen atoms in total. The quantitative estimate of drug-likeness (QED) is 0.181. The van der Waals surface area contributed by atoms with Gasteiger partial charge in [-0.1, -0.05) is 19.1 Å². The fourth-order valence-corrected chi connectivity index (χ4v) is 2.69. The predicted molar refractivity (Wildman–Crippen MR) is 130 cm³/mol. The van der Waals surface area contributed by atoms with Crippen molar-refractivity contribution in [2.24, 2.45) is 4.99 Å². The first-order valence-electron chi connectivity index (χ1n) is 10.6. The summed E-state index contributed by atoms with van der Waals surface area (Å²) in [5.41, 5.74) is 2.26. The van der Waals surface area contributed by atoms with E-state index in [1.807, 2.05) is 6.92 Å².